The Bertz CT molecular complexity index is 783. The third-order valence-corrected chi connectivity index (χ3v) is 3.67. The highest BCUT2D eigenvalue weighted by Gasteiger charge is 2.22. The second-order valence-electron chi connectivity index (χ2n) is 6.55. The van der Waals surface area contributed by atoms with E-state index in [0.29, 0.717) is 12.1 Å². The molecule has 0 saturated carbocycles. The fourth-order valence-electron chi connectivity index (χ4n) is 2.43. The second-order valence-corrected chi connectivity index (χ2v) is 6.55. The topological polar surface area (TPSA) is 67.2 Å². The van der Waals surface area contributed by atoms with Gasteiger partial charge in [0.15, 0.2) is 0 Å². The molecular weight excluding hydrogens is 342 g/mol. The Kier molecular flexibility index (Phi) is 6.07. The Balaban J connectivity index is 2.19. The third kappa shape index (κ3) is 4.44. The number of anilines is 1. The van der Waals surface area contributed by atoms with Gasteiger partial charge in [-0.1, -0.05) is 13.8 Å². The van der Waals surface area contributed by atoms with E-state index in [0.717, 1.165) is 0 Å². The van der Waals surface area contributed by atoms with Crippen molar-refractivity contribution in [1.82, 2.24) is 14.7 Å². The van der Waals surface area contributed by atoms with Crippen LogP contribution in [0.1, 0.15) is 46.7 Å². The third-order valence-electron chi connectivity index (χ3n) is 3.67. The minimum atomic E-state index is -2.76. The minimum Gasteiger partial charge on any atom is -0.345 e. The molecule has 1 N–H and O–H groups in total. The van der Waals surface area contributed by atoms with E-state index < -0.39 is 12.3 Å². The highest BCUT2D eigenvalue weighted by Crippen LogP contribution is 2.28. The normalized spacial score (nSPS) is 11.1. The molecule has 1 aromatic heterocycles. The molecule has 0 aliphatic carbocycles. The number of hydrogen-bond acceptors (Lipinski definition) is 3. The molecule has 0 saturated heterocycles. The number of rotatable bonds is 6. The first kappa shape index (κ1) is 19.6. The second kappa shape index (κ2) is 8.07. The first-order chi connectivity index (χ1) is 12.2. The number of hydrogen-bond donors (Lipinski definition) is 1. The quantitative estimate of drug-likeness (QED) is 0.854. The number of carbonyl (C=O) groups excluding carboxylic acids is 2. The number of halogens is 2. The SMILES string of the molecule is CC(C)Cn1ncc(NC(=O)c2ccc(C(=O)N(C)C)cc2)c1C(F)F. The van der Waals surface area contributed by atoms with Crippen LogP contribution in [0.2, 0.25) is 0 Å². The Morgan fingerprint density at radius 3 is 2.23 bits per heavy atom. The number of nitrogens with one attached hydrogen (secondary N) is 1. The highest BCUT2D eigenvalue weighted by atomic mass is 19.3. The van der Waals surface area contributed by atoms with Gasteiger partial charge in [-0.15, -0.1) is 0 Å². The molecule has 0 atom stereocenters. The molecular formula is C18H22F2N4O2. The number of aromatic nitrogens is 2. The van der Waals surface area contributed by atoms with Gasteiger partial charge in [0.2, 0.25) is 0 Å². The highest BCUT2D eigenvalue weighted by molar-refractivity contribution is 6.05. The van der Waals surface area contributed by atoms with Crippen molar-refractivity contribution in [3.63, 3.8) is 0 Å². The molecule has 26 heavy (non-hydrogen) atoms. The molecule has 0 unspecified atom stereocenters. The van der Waals surface area contributed by atoms with Crippen LogP contribution in [0.25, 0.3) is 0 Å². The van der Waals surface area contributed by atoms with Gasteiger partial charge in [-0.25, -0.2) is 8.78 Å². The largest absolute Gasteiger partial charge is 0.345 e. The molecule has 2 amide bonds. The van der Waals surface area contributed by atoms with Crippen LogP contribution in [0, 0.1) is 5.92 Å². The van der Waals surface area contributed by atoms with E-state index in [1.165, 1.54) is 40.0 Å². The lowest BCUT2D eigenvalue weighted by Gasteiger charge is -2.12. The number of alkyl halides is 2. The van der Waals surface area contributed by atoms with Gasteiger partial charge in [-0.3, -0.25) is 14.3 Å². The average Bonchev–Trinajstić information content (AvgIpc) is 2.95. The summed E-state index contributed by atoms with van der Waals surface area (Å²) >= 11 is 0. The van der Waals surface area contributed by atoms with Crippen LogP contribution < -0.4 is 5.32 Å². The van der Waals surface area contributed by atoms with Gasteiger partial charge in [0.25, 0.3) is 18.2 Å². The van der Waals surface area contributed by atoms with Crippen molar-refractivity contribution in [3.05, 3.63) is 47.3 Å². The van der Waals surface area contributed by atoms with Crippen molar-refractivity contribution < 1.29 is 18.4 Å². The molecule has 0 bridgehead atoms. The van der Waals surface area contributed by atoms with Crippen LogP contribution in [-0.4, -0.2) is 40.6 Å². The molecule has 0 radical (unpaired) electrons. The van der Waals surface area contributed by atoms with Crippen molar-refractivity contribution >= 4 is 17.5 Å². The summed E-state index contributed by atoms with van der Waals surface area (Å²) in [7, 11) is 3.26. The summed E-state index contributed by atoms with van der Waals surface area (Å²) in [5.74, 6) is -0.593. The van der Waals surface area contributed by atoms with E-state index in [2.05, 4.69) is 10.4 Å². The monoisotopic (exact) mass is 364 g/mol. The summed E-state index contributed by atoms with van der Waals surface area (Å²) in [5.41, 5.74) is 0.368. The first-order valence-corrected chi connectivity index (χ1v) is 8.17. The van der Waals surface area contributed by atoms with Crippen LogP contribution >= 0.6 is 0 Å². The fourth-order valence-corrected chi connectivity index (χ4v) is 2.43. The Morgan fingerprint density at radius 1 is 1.15 bits per heavy atom. The lowest BCUT2D eigenvalue weighted by atomic mass is 10.1. The van der Waals surface area contributed by atoms with Gasteiger partial charge in [0.1, 0.15) is 5.69 Å². The van der Waals surface area contributed by atoms with E-state index in [9.17, 15) is 18.4 Å². The molecule has 0 aliphatic heterocycles. The number of nitrogens with zero attached hydrogens (tertiary/aromatic N) is 3. The number of carbonyl (C=O) groups is 2. The first-order valence-electron chi connectivity index (χ1n) is 8.17. The lowest BCUT2D eigenvalue weighted by Crippen LogP contribution is -2.21. The van der Waals surface area contributed by atoms with Crippen LogP contribution in [0.5, 0.6) is 0 Å². The fraction of sp³-hybridized carbons (Fsp3) is 0.389. The van der Waals surface area contributed by atoms with E-state index in [4.69, 9.17) is 0 Å². The molecule has 140 valence electrons. The Morgan fingerprint density at radius 2 is 1.73 bits per heavy atom. The van der Waals surface area contributed by atoms with Crippen LogP contribution in [0.15, 0.2) is 30.5 Å². The van der Waals surface area contributed by atoms with Gasteiger partial charge in [-0.2, -0.15) is 5.10 Å². The summed E-state index contributed by atoms with van der Waals surface area (Å²) in [4.78, 5) is 25.6. The smallest absolute Gasteiger partial charge is 0.282 e. The molecule has 0 fully saturated rings. The molecule has 6 nitrogen and oxygen atoms in total. The molecule has 2 aromatic rings. The maximum atomic E-state index is 13.4. The van der Waals surface area contributed by atoms with Crippen LogP contribution in [-0.2, 0) is 6.54 Å². The maximum absolute atomic E-state index is 13.4. The summed E-state index contributed by atoms with van der Waals surface area (Å²) in [6.45, 7) is 4.12. The van der Waals surface area contributed by atoms with Gasteiger partial charge in [-0.05, 0) is 30.2 Å². The van der Waals surface area contributed by atoms with Crippen LogP contribution in [0.4, 0.5) is 14.5 Å². The van der Waals surface area contributed by atoms with E-state index in [1.54, 1.807) is 14.1 Å². The van der Waals surface area contributed by atoms with Crippen molar-refractivity contribution in [3.8, 4) is 0 Å². The lowest BCUT2D eigenvalue weighted by molar-refractivity contribution is 0.0827. The van der Waals surface area contributed by atoms with Crippen molar-refractivity contribution in [2.75, 3.05) is 19.4 Å². The van der Waals surface area contributed by atoms with E-state index >= 15 is 0 Å². The zero-order valence-corrected chi connectivity index (χ0v) is 15.2. The van der Waals surface area contributed by atoms with Crippen molar-refractivity contribution in [2.45, 2.75) is 26.8 Å². The van der Waals surface area contributed by atoms with E-state index in [-0.39, 0.29) is 28.8 Å². The summed E-state index contributed by atoms with van der Waals surface area (Å²) in [6, 6.07) is 6.00. The summed E-state index contributed by atoms with van der Waals surface area (Å²) in [6.07, 6.45) is -1.53. The van der Waals surface area contributed by atoms with Gasteiger partial charge >= 0.3 is 0 Å². The molecule has 1 aromatic carbocycles. The van der Waals surface area contributed by atoms with Gasteiger partial charge in [0.05, 0.1) is 11.9 Å². The average molecular weight is 364 g/mol. The Hall–Kier alpha value is -2.77. The predicted molar refractivity (Wildman–Crippen MR) is 94.4 cm³/mol. The zero-order valence-electron chi connectivity index (χ0n) is 15.2. The van der Waals surface area contributed by atoms with Crippen molar-refractivity contribution in [1.29, 1.82) is 0 Å². The predicted octanol–water partition coefficient (Wildman–Crippen LogP) is 3.43. The molecule has 0 spiro atoms. The molecule has 1 heterocycles. The van der Waals surface area contributed by atoms with Crippen LogP contribution in [0.3, 0.4) is 0 Å². The maximum Gasteiger partial charge on any atom is 0.282 e. The molecule has 0 aliphatic rings. The van der Waals surface area contributed by atoms with Gasteiger partial charge < -0.3 is 10.2 Å². The summed E-state index contributed by atoms with van der Waals surface area (Å²) < 4.78 is 28.0. The minimum absolute atomic E-state index is 0.0147. The summed E-state index contributed by atoms with van der Waals surface area (Å²) in [5, 5.41) is 6.43. The van der Waals surface area contributed by atoms with E-state index in [1.807, 2.05) is 13.8 Å². The van der Waals surface area contributed by atoms with Crippen molar-refractivity contribution in [2.24, 2.45) is 5.92 Å². The standard InChI is InChI=1S/C18H22F2N4O2/c1-11(2)10-24-15(16(19)20)14(9-21-24)22-17(25)12-5-7-13(8-6-12)18(26)23(3)4/h5-9,11,16H,10H2,1-4H3,(H,22,25). The molecule has 2 rings (SSSR count). The van der Waals surface area contributed by atoms with Gasteiger partial charge in [0, 0.05) is 31.8 Å². The molecule has 8 heteroatoms. The Labute approximate surface area is 150 Å². The zero-order chi connectivity index (χ0) is 19.4. The number of amides is 2. The number of benzene rings is 1.